The van der Waals surface area contributed by atoms with Crippen molar-refractivity contribution in [3.8, 4) is 0 Å². The van der Waals surface area contributed by atoms with Crippen molar-refractivity contribution in [3.05, 3.63) is 12.2 Å². The van der Waals surface area contributed by atoms with Gasteiger partial charge in [-0.15, -0.1) is 0 Å². The largest absolute Gasteiger partial charge is 0.462 e. The van der Waals surface area contributed by atoms with E-state index < -0.39 is 0 Å². The molecule has 0 saturated heterocycles. The van der Waals surface area contributed by atoms with Crippen LogP contribution in [0.25, 0.3) is 0 Å². The summed E-state index contributed by atoms with van der Waals surface area (Å²) >= 11 is 0. The van der Waals surface area contributed by atoms with E-state index in [0.29, 0.717) is 5.92 Å². The molecule has 0 bridgehead atoms. The van der Waals surface area contributed by atoms with Gasteiger partial charge in [-0.05, 0) is 81.5 Å². The zero-order valence-electron chi connectivity index (χ0n) is 17.2. The molecule has 0 heterocycles. The molecule has 0 aromatic rings. The Hall–Kier alpha value is -0.790. The van der Waals surface area contributed by atoms with E-state index >= 15 is 0 Å². The summed E-state index contributed by atoms with van der Waals surface area (Å²) in [5.41, 5.74) is 0. The predicted molar refractivity (Wildman–Crippen MR) is 110 cm³/mol. The molecule has 4 fully saturated rings. The summed E-state index contributed by atoms with van der Waals surface area (Å²) in [4.78, 5) is 12.7. The van der Waals surface area contributed by atoms with Crippen molar-refractivity contribution in [2.24, 2.45) is 29.6 Å². The number of allylic oxidation sites excluding steroid dienone is 2. The molecule has 4 aliphatic rings. The zero-order chi connectivity index (χ0) is 18.5. The standard InChI is InChI=1S/C25H40O2/c26-25(27-24-17-16-21-8-4-5-9-23(21)18-24)22-14-12-20(13-15-22)11-10-19-6-2-1-3-7-19/h10-11,19-24H,1-9,12-18H2. The van der Waals surface area contributed by atoms with Gasteiger partial charge in [0.05, 0.1) is 5.92 Å². The molecule has 27 heavy (non-hydrogen) atoms. The Morgan fingerprint density at radius 2 is 1.26 bits per heavy atom. The first kappa shape index (κ1) is 19.5. The fourth-order valence-electron chi connectivity index (χ4n) is 6.39. The number of hydrogen-bond donors (Lipinski definition) is 0. The van der Waals surface area contributed by atoms with Crippen molar-refractivity contribution in [1.82, 2.24) is 0 Å². The third-order valence-electron chi connectivity index (χ3n) is 8.18. The van der Waals surface area contributed by atoms with Crippen molar-refractivity contribution in [3.63, 3.8) is 0 Å². The maximum Gasteiger partial charge on any atom is 0.309 e. The van der Waals surface area contributed by atoms with Gasteiger partial charge in [-0.25, -0.2) is 0 Å². The van der Waals surface area contributed by atoms with Crippen LogP contribution in [0, 0.1) is 29.6 Å². The third-order valence-corrected chi connectivity index (χ3v) is 8.18. The lowest BCUT2D eigenvalue weighted by Crippen LogP contribution is -2.35. The van der Waals surface area contributed by atoms with Gasteiger partial charge in [-0.1, -0.05) is 57.1 Å². The number of rotatable bonds is 4. The quantitative estimate of drug-likeness (QED) is 0.399. The van der Waals surface area contributed by atoms with Gasteiger partial charge in [0.2, 0.25) is 0 Å². The molecular weight excluding hydrogens is 332 g/mol. The van der Waals surface area contributed by atoms with E-state index in [0.717, 1.165) is 43.4 Å². The Labute approximate surface area is 166 Å². The highest BCUT2D eigenvalue weighted by molar-refractivity contribution is 5.72. The molecule has 152 valence electrons. The maximum absolute atomic E-state index is 12.7. The molecule has 0 aromatic heterocycles. The number of carbonyl (C=O) groups excluding carboxylic acids is 1. The molecule has 0 N–H and O–H groups in total. The number of carbonyl (C=O) groups is 1. The van der Waals surface area contributed by atoms with Crippen LogP contribution in [0.5, 0.6) is 0 Å². The second kappa shape index (κ2) is 9.61. The lowest BCUT2D eigenvalue weighted by Gasteiger charge is -2.39. The molecule has 4 saturated carbocycles. The summed E-state index contributed by atoms with van der Waals surface area (Å²) in [5.74, 6) is 3.61. The molecule has 3 unspecified atom stereocenters. The van der Waals surface area contributed by atoms with E-state index in [-0.39, 0.29) is 18.0 Å². The summed E-state index contributed by atoms with van der Waals surface area (Å²) < 4.78 is 6.01. The van der Waals surface area contributed by atoms with E-state index in [2.05, 4.69) is 12.2 Å². The first-order valence-electron chi connectivity index (χ1n) is 12.2. The van der Waals surface area contributed by atoms with Gasteiger partial charge in [0.15, 0.2) is 0 Å². The van der Waals surface area contributed by atoms with Crippen LogP contribution in [0.1, 0.15) is 103 Å². The van der Waals surface area contributed by atoms with Crippen molar-refractivity contribution in [1.29, 1.82) is 0 Å². The van der Waals surface area contributed by atoms with Gasteiger partial charge in [-0.2, -0.15) is 0 Å². The van der Waals surface area contributed by atoms with E-state index in [1.807, 2.05) is 0 Å². The highest BCUT2D eigenvalue weighted by Crippen LogP contribution is 2.42. The number of esters is 1. The van der Waals surface area contributed by atoms with Crippen LogP contribution in [-0.4, -0.2) is 12.1 Å². The number of hydrogen-bond acceptors (Lipinski definition) is 2. The predicted octanol–water partition coefficient (Wildman–Crippen LogP) is 6.83. The Kier molecular flexibility index (Phi) is 6.95. The first-order valence-corrected chi connectivity index (χ1v) is 12.2. The summed E-state index contributed by atoms with van der Waals surface area (Å²) in [6.45, 7) is 0. The van der Waals surface area contributed by atoms with Gasteiger partial charge < -0.3 is 4.74 Å². The van der Waals surface area contributed by atoms with E-state index in [4.69, 9.17) is 4.74 Å². The molecule has 2 nitrogen and oxygen atoms in total. The monoisotopic (exact) mass is 372 g/mol. The highest BCUT2D eigenvalue weighted by atomic mass is 16.5. The fourth-order valence-corrected chi connectivity index (χ4v) is 6.39. The van der Waals surface area contributed by atoms with Crippen LogP contribution in [0.2, 0.25) is 0 Å². The minimum Gasteiger partial charge on any atom is -0.462 e. The zero-order valence-corrected chi connectivity index (χ0v) is 17.2. The second-order valence-corrected chi connectivity index (χ2v) is 10.1. The van der Waals surface area contributed by atoms with Crippen LogP contribution in [0.3, 0.4) is 0 Å². The normalized spacial score (nSPS) is 38.4. The van der Waals surface area contributed by atoms with Gasteiger partial charge in [-0.3, -0.25) is 4.79 Å². The Bertz CT molecular complexity index is 496. The van der Waals surface area contributed by atoms with E-state index in [1.165, 1.54) is 77.0 Å². The summed E-state index contributed by atoms with van der Waals surface area (Å²) in [7, 11) is 0. The minimum absolute atomic E-state index is 0.129. The van der Waals surface area contributed by atoms with Crippen LogP contribution >= 0.6 is 0 Å². The van der Waals surface area contributed by atoms with Crippen molar-refractivity contribution < 1.29 is 9.53 Å². The topological polar surface area (TPSA) is 26.3 Å². The molecule has 0 aromatic carbocycles. The summed E-state index contributed by atoms with van der Waals surface area (Å²) in [5, 5.41) is 0. The van der Waals surface area contributed by atoms with E-state index in [9.17, 15) is 4.79 Å². The molecule has 4 rings (SSSR count). The fraction of sp³-hybridized carbons (Fsp3) is 0.880. The lowest BCUT2D eigenvalue weighted by atomic mass is 9.70. The Morgan fingerprint density at radius 1 is 0.630 bits per heavy atom. The molecule has 3 atom stereocenters. The van der Waals surface area contributed by atoms with Crippen LogP contribution in [-0.2, 0) is 9.53 Å². The highest BCUT2D eigenvalue weighted by Gasteiger charge is 2.35. The average Bonchev–Trinajstić information content (AvgIpc) is 2.73. The van der Waals surface area contributed by atoms with Crippen LogP contribution < -0.4 is 0 Å². The molecule has 4 aliphatic carbocycles. The number of ether oxygens (including phenoxy) is 1. The Balaban J connectivity index is 1.18. The van der Waals surface area contributed by atoms with Crippen molar-refractivity contribution >= 4 is 5.97 Å². The number of fused-ring (bicyclic) bond motifs is 1. The van der Waals surface area contributed by atoms with Crippen molar-refractivity contribution in [2.45, 2.75) is 109 Å². The third kappa shape index (κ3) is 5.39. The minimum atomic E-state index is 0.129. The van der Waals surface area contributed by atoms with Gasteiger partial charge in [0.1, 0.15) is 6.10 Å². The molecule has 0 radical (unpaired) electrons. The molecular formula is C25H40O2. The summed E-state index contributed by atoms with van der Waals surface area (Å²) in [6, 6.07) is 0. The summed E-state index contributed by atoms with van der Waals surface area (Å²) in [6.07, 6.45) is 25.9. The smallest absolute Gasteiger partial charge is 0.309 e. The lowest BCUT2D eigenvalue weighted by molar-refractivity contribution is -0.158. The van der Waals surface area contributed by atoms with Gasteiger partial charge in [0.25, 0.3) is 0 Å². The Morgan fingerprint density at radius 3 is 2.00 bits per heavy atom. The van der Waals surface area contributed by atoms with Gasteiger partial charge >= 0.3 is 5.97 Å². The first-order chi connectivity index (χ1) is 13.3. The van der Waals surface area contributed by atoms with Gasteiger partial charge in [0, 0.05) is 0 Å². The average molecular weight is 373 g/mol. The second-order valence-electron chi connectivity index (χ2n) is 10.1. The SMILES string of the molecule is O=C(OC1CCC2CCCCC2C1)C1CCC(C=CC2CCCCC2)CC1. The molecule has 0 aliphatic heterocycles. The molecule has 0 amide bonds. The van der Waals surface area contributed by atoms with Crippen LogP contribution in [0.4, 0.5) is 0 Å². The molecule has 2 heteroatoms. The molecule has 0 spiro atoms. The van der Waals surface area contributed by atoms with E-state index in [1.54, 1.807) is 0 Å². The van der Waals surface area contributed by atoms with Crippen molar-refractivity contribution in [2.75, 3.05) is 0 Å². The van der Waals surface area contributed by atoms with Crippen LogP contribution in [0.15, 0.2) is 12.2 Å². The maximum atomic E-state index is 12.7.